The largest absolute Gasteiger partial charge is 0.489 e. The molecule has 2 N–H and O–H groups in total. The van der Waals surface area contributed by atoms with Crippen molar-refractivity contribution in [3.8, 4) is 17.2 Å². The molecular formula is C17H20ClN3O3. The Hall–Kier alpha value is -2.34. The van der Waals surface area contributed by atoms with Crippen LogP contribution < -0.4 is 24.8 Å². The normalized spacial score (nSPS) is 12.1. The highest BCUT2D eigenvalue weighted by molar-refractivity contribution is 6.17. The van der Waals surface area contributed by atoms with Crippen LogP contribution in [0, 0.1) is 6.92 Å². The number of hydrogen-bond acceptors (Lipinski definition) is 6. The average molecular weight is 350 g/mol. The lowest BCUT2D eigenvalue weighted by Crippen LogP contribution is -2.01. The van der Waals surface area contributed by atoms with Crippen LogP contribution in [-0.2, 0) is 0 Å². The van der Waals surface area contributed by atoms with Gasteiger partial charge in [0.1, 0.15) is 5.82 Å². The number of fused-ring (bicyclic) bond motifs is 1. The van der Waals surface area contributed by atoms with Crippen molar-refractivity contribution in [2.24, 2.45) is 0 Å². The fourth-order valence-corrected chi connectivity index (χ4v) is 2.53. The summed E-state index contributed by atoms with van der Waals surface area (Å²) in [5.74, 6) is 3.21. The van der Waals surface area contributed by atoms with E-state index in [-0.39, 0.29) is 6.79 Å². The molecule has 7 heteroatoms. The Balaban J connectivity index is 1.85. The van der Waals surface area contributed by atoms with Crippen LogP contribution in [0.1, 0.15) is 12.1 Å². The van der Waals surface area contributed by atoms with Gasteiger partial charge >= 0.3 is 0 Å². The third kappa shape index (κ3) is 3.76. The summed E-state index contributed by atoms with van der Waals surface area (Å²) in [6.45, 7) is 2.67. The van der Waals surface area contributed by atoms with E-state index < -0.39 is 0 Å². The van der Waals surface area contributed by atoms with Crippen molar-refractivity contribution in [1.29, 1.82) is 0 Å². The lowest BCUT2D eigenvalue weighted by atomic mass is 10.2. The summed E-state index contributed by atoms with van der Waals surface area (Å²) in [5, 5.41) is 6.41. The quantitative estimate of drug-likeness (QED) is 0.583. The van der Waals surface area contributed by atoms with Crippen LogP contribution >= 0.6 is 11.6 Å². The van der Waals surface area contributed by atoms with Gasteiger partial charge in [-0.15, -0.1) is 11.6 Å². The summed E-state index contributed by atoms with van der Waals surface area (Å²) in [4.78, 5) is 4.49. The highest BCUT2D eigenvalue weighted by Gasteiger charge is 2.21. The van der Waals surface area contributed by atoms with Crippen molar-refractivity contribution in [3.63, 3.8) is 0 Å². The van der Waals surface area contributed by atoms with Crippen LogP contribution in [0.5, 0.6) is 17.2 Å². The third-order valence-corrected chi connectivity index (χ3v) is 3.76. The van der Waals surface area contributed by atoms with Crippen molar-refractivity contribution in [1.82, 2.24) is 4.98 Å². The van der Waals surface area contributed by atoms with Crippen LogP contribution in [0.15, 0.2) is 24.3 Å². The molecule has 1 aromatic carbocycles. The molecule has 1 aromatic heterocycles. The molecule has 1 aliphatic heterocycles. The lowest BCUT2D eigenvalue weighted by molar-refractivity contribution is 0.169. The molecule has 3 rings (SSSR count). The molecule has 0 aliphatic carbocycles. The molecule has 1 aliphatic rings. The minimum absolute atomic E-state index is 0.192. The van der Waals surface area contributed by atoms with Gasteiger partial charge in [-0.05, 0) is 19.4 Å². The van der Waals surface area contributed by atoms with E-state index in [1.54, 1.807) is 0 Å². The summed E-state index contributed by atoms with van der Waals surface area (Å²) >= 11 is 5.70. The maximum Gasteiger partial charge on any atom is 0.231 e. The fourth-order valence-electron chi connectivity index (χ4n) is 2.42. The van der Waals surface area contributed by atoms with Gasteiger partial charge in [-0.1, -0.05) is 0 Å². The van der Waals surface area contributed by atoms with E-state index in [1.807, 2.05) is 38.2 Å². The highest BCUT2D eigenvalue weighted by atomic mass is 35.5. The number of ether oxygens (including phenoxy) is 3. The number of rotatable bonds is 7. The monoisotopic (exact) mass is 349 g/mol. The smallest absolute Gasteiger partial charge is 0.231 e. The second kappa shape index (κ2) is 7.49. The number of anilines is 3. The molecule has 0 bridgehead atoms. The molecule has 0 fully saturated rings. The topological polar surface area (TPSA) is 64.6 Å². The number of aryl methyl sites for hydroxylation is 1. The van der Waals surface area contributed by atoms with Gasteiger partial charge < -0.3 is 24.8 Å². The van der Waals surface area contributed by atoms with Crippen molar-refractivity contribution < 1.29 is 14.2 Å². The molecule has 2 heterocycles. The minimum atomic E-state index is 0.192. The van der Waals surface area contributed by atoms with Gasteiger partial charge in [-0.3, -0.25) is 0 Å². The predicted molar refractivity (Wildman–Crippen MR) is 95.2 cm³/mol. The van der Waals surface area contributed by atoms with E-state index in [1.165, 1.54) is 0 Å². The molecule has 0 amide bonds. The molecule has 6 nitrogen and oxygen atoms in total. The number of nitrogens with zero attached hydrogens (tertiary/aromatic N) is 1. The highest BCUT2D eigenvalue weighted by Crippen LogP contribution is 2.44. The molecule has 0 saturated carbocycles. The van der Waals surface area contributed by atoms with E-state index in [9.17, 15) is 0 Å². The Kier molecular flexibility index (Phi) is 5.15. The van der Waals surface area contributed by atoms with Crippen LogP contribution in [0.3, 0.4) is 0 Å². The number of aromatic nitrogens is 1. The molecule has 2 aromatic rings. The first-order valence-electron chi connectivity index (χ1n) is 7.75. The van der Waals surface area contributed by atoms with Crippen LogP contribution in [0.25, 0.3) is 0 Å². The second-order valence-electron chi connectivity index (χ2n) is 5.36. The van der Waals surface area contributed by atoms with Crippen molar-refractivity contribution >= 4 is 28.8 Å². The molecule has 24 heavy (non-hydrogen) atoms. The SMILES string of the molecule is CNc1cc(C)nc(Nc2cc(OCCCCl)c3c(c2)OCO3)c1. The summed E-state index contributed by atoms with van der Waals surface area (Å²) < 4.78 is 16.8. The van der Waals surface area contributed by atoms with Gasteiger partial charge in [0.25, 0.3) is 0 Å². The predicted octanol–water partition coefficient (Wildman–Crippen LogP) is 3.91. The standard InChI is InChI=1S/C17H20ClN3O3/c1-11-6-12(19-2)9-16(20-11)21-13-7-14(22-5-3-4-18)17-15(8-13)23-10-24-17/h6-9H,3-5,10H2,1-2H3,(H2,19,20,21). The summed E-state index contributed by atoms with van der Waals surface area (Å²) in [5.41, 5.74) is 2.73. The van der Waals surface area contributed by atoms with Gasteiger partial charge in [-0.2, -0.15) is 0 Å². The molecule has 0 spiro atoms. The Morgan fingerprint density at radius 1 is 1.21 bits per heavy atom. The van der Waals surface area contributed by atoms with Gasteiger partial charge in [0.15, 0.2) is 11.5 Å². The molecule has 128 valence electrons. The van der Waals surface area contributed by atoms with Gasteiger partial charge in [0.2, 0.25) is 12.5 Å². The zero-order valence-electron chi connectivity index (χ0n) is 13.7. The molecule has 0 atom stereocenters. The summed E-state index contributed by atoms with van der Waals surface area (Å²) in [6, 6.07) is 7.67. The van der Waals surface area contributed by atoms with Gasteiger partial charge in [0, 0.05) is 48.2 Å². The summed E-state index contributed by atoms with van der Waals surface area (Å²) in [6.07, 6.45) is 0.764. The van der Waals surface area contributed by atoms with Crippen LogP contribution in [0.2, 0.25) is 0 Å². The maximum atomic E-state index is 5.77. The molecule has 0 radical (unpaired) electrons. The van der Waals surface area contributed by atoms with Crippen LogP contribution in [0.4, 0.5) is 17.2 Å². The maximum absolute atomic E-state index is 5.77. The average Bonchev–Trinajstić information content (AvgIpc) is 3.03. The van der Waals surface area contributed by atoms with Gasteiger partial charge in [-0.25, -0.2) is 4.98 Å². The second-order valence-corrected chi connectivity index (χ2v) is 5.73. The number of alkyl halides is 1. The van der Waals surface area contributed by atoms with Crippen molar-refractivity contribution in [2.75, 3.05) is 37.0 Å². The Bertz CT molecular complexity index is 724. The first kappa shape index (κ1) is 16.5. The number of halogens is 1. The van der Waals surface area contributed by atoms with Crippen molar-refractivity contribution in [3.05, 3.63) is 30.0 Å². The first-order valence-corrected chi connectivity index (χ1v) is 8.29. The number of nitrogens with one attached hydrogen (secondary N) is 2. The Morgan fingerprint density at radius 3 is 2.88 bits per heavy atom. The van der Waals surface area contributed by atoms with E-state index in [2.05, 4.69) is 15.6 Å². The lowest BCUT2D eigenvalue weighted by Gasteiger charge is -2.13. The Labute approximate surface area is 146 Å². The van der Waals surface area contributed by atoms with E-state index in [0.29, 0.717) is 29.7 Å². The Morgan fingerprint density at radius 2 is 2.08 bits per heavy atom. The van der Waals surface area contributed by atoms with E-state index in [4.69, 9.17) is 25.8 Å². The molecule has 0 unspecified atom stereocenters. The third-order valence-electron chi connectivity index (χ3n) is 3.49. The molecule has 0 saturated heterocycles. The van der Waals surface area contributed by atoms with E-state index >= 15 is 0 Å². The minimum Gasteiger partial charge on any atom is -0.489 e. The fraction of sp³-hybridized carbons (Fsp3) is 0.353. The first-order chi connectivity index (χ1) is 11.7. The zero-order valence-corrected chi connectivity index (χ0v) is 14.4. The number of hydrogen-bond donors (Lipinski definition) is 2. The molecular weight excluding hydrogens is 330 g/mol. The number of benzene rings is 1. The van der Waals surface area contributed by atoms with E-state index in [0.717, 1.165) is 29.3 Å². The van der Waals surface area contributed by atoms with Gasteiger partial charge in [0.05, 0.1) is 6.61 Å². The summed E-state index contributed by atoms with van der Waals surface area (Å²) in [7, 11) is 1.88. The van der Waals surface area contributed by atoms with Crippen molar-refractivity contribution in [2.45, 2.75) is 13.3 Å². The van der Waals surface area contributed by atoms with Crippen LogP contribution in [-0.4, -0.2) is 31.3 Å². The zero-order chi connectivity index (χ0) is 16.9. The number of pyridine rings is 1.